The number of nitrogens with zero attached hydrogens (tertiary/aromatic N) is 4. The number of benzene rings is 3. The molecule has 0 saturated heterocycles. The van der Waals surface area contributed by atoms with E-state index in [0.29, 0.717) is 23.1 Å². The molecular formula is C35H37Cl2N5O2S. The summed E-state index contributed by atoms with van der Waals surface area (Å²) in [6.07, 6.45) is 7.57. The zero-order valence-electron chi connectivity index (χ0n) is 25.2. The van der Waals surface area contributed by atoms with Crippen LogP contribution >= 0.6 is 23.2 Å². The van der Waals surface area contributed by atoms with Crippen LogP contribution in [0.25, 0.3) is 0 Å². The van der Waals surface area contributed by atoms with Crippen LogP contribution in [0.1, 0.15) is 55.6 Å². The molecule has 0 radical (unpaired) electrons. The highest BCUT2D eigenvalue weighted by Gasteiger charge is 2.51. The minimum absolute atomic E-state index is 0.0154. The Kier molecular flexibility index (Phi) is 8.03. The maximum atomic E-state index is 13.8. The van der Waals surface area contributed by atoms with Gasteiger partial charge in [-0.1, -0.05) is 65.7 Å². The summed E-state index contributed by atoms with van der Waals surface area (Å²) in [7, 11) is -2.28. The van der Waals surface area contributed by atoms with Gasteiger partial charge in [-0.2, -0.15) is 13.5 Å². The topological polar surface area (TPSA) is 89.2 Å². The van der Waals surface area contributed by atoms with Crippen LogP contribution in [-0.2, 0) is 10.0 Å². The number of sulfonamides is 1. The minimum Gasteiger partial charge on any atom is -0.356 e. The summed E-state index contributed by atoms with van der Waals surface area (Å²) in [6.45, 7) is 1.05. The molecule has 1 N–H and O–H groups in total. The van der Waals surface area contributed by atoms with Gasteiger partial charge in [-0.15, -0.1) is 4.40 Å². The van der Waals surface area contributed by atoms with E-state index < -0.39 is 10.0 Å². The number of amidine groups is 2. The molecule has 7 nitrogen and oxygen atoms in total. The summed E-state index contributed by atoms with van der Waals surface area (Å²) in [5.41, 5.74) is 2.85. The summed E-state index contributed by atoms with van der Waals surface area (Å²) in [5, 5.41) is 17.1. The predicted molar refractivity (Wildman–Crippen MR) is 181 cm³/mol. The molecule has 0 spiro atoms. The second-order valence-electron chi connectivity index (χ2n) is 13.5. The molecule has 4 fully saturated rings. The third-order valence-electron chi connectivity index (χ3n) is 10.1. The molecule has 1 aliphatic heterocycles. The number of hydrogen-bond donors (Lipinski definition) is 1. The molecule has 3 aromatic rings. The first-order chi connectivity index (χ1) is 21.6. The third-order valence-corrected chi connectivity index (χ3v) is 11.9. The first-order valence-corrected chi connectivity index (χ1v) is 17.8. The number of halogens is 2. The quantitative estimate of drug-likeness (QED) is 0.216. The number of hydrazone groups is 1. The van der Waals surface area contributed by atoms with Crippen molar-refractivity contribution in [1.82, 2.24) is 9.91 Å². The standard InChI is InChI=1S/C35H37Cl2N5O2S/c1-41(22-35-18-23-15-24(19-35)17-25(16-23)20-35)33(38)34(40-45(43,44)30-13-11-29(37)12-14-30)42-21-31(26-5-3-2-4-6-26)32(39-42)27-7-9-28(36)10-8-27/h2-14,23-25,31,38H,15-22H2,1H3/b38-33?,40-34+. The van der Waals surface area contributed by atoms with Gasteiger partial charge in [-0.05, 0) is 109 Å². The van der Waals surface area contributed by atoms with Crippen molar-refractivity contribution in [3.8, 4) is 0 Å². The largest absolute Gasteiger partial charge is 0.356 e. The van der Waals surface area contributed by atoms with Crippen molar-refractivity contribution in [2.45, 2.75) is 49.3 Å². The Bertz CT molecular complexity index is 1720. The lowest BCUT2D eigenvalue weighted by Crippen LogP contribution is -2.53. The molecule has 1 unspecified atom stereocenters. The highest BCUT2D eigenvalue weighted by Crippen LogP contribution is 2.60. The van der Waals surface area contributed by atoms with Crippen molar-refractivity contribution in [2.24, 2.45) is 32.7 Å². The highest BCUT2D eigenvalue weighted by molar-refractivity contribution is 7.90. The molecule has 0 aromatic heterocycles. The first kappa shape index (κ1) is 30.5. The Hall–Kier alpha value is -3.20. The second kappa shape index (κ2) is 11.9. The molecule has 1 heterocycles. The smallest absolute Gasteiger partial charge is 0.284 e. The predicted octanol–water partition coefficient (Wildman–Crippen LogP) is 7.71. The molecule has 45 heavy (non-hydrogen) atoms. The van der Waals surface area contributed by atoms with Crippen LogP contribution in [-0.4, -0.2) is 55.8 Å². The van der Waals surface area contributed by atoms with E-state index in [1.54, 1.807) is 5.01 Å². The summed E-state index contributed by atoms with van der Waals surface area (Å²) >= 11 is 12.3. The SMILES string of the molecule is CN(CC12CC3CC(CC(C3)C1)C2)C(=N)/C(=N\S(=O)(=O)c1ccc(Cl)cc1)N1CC(c2ccccc2)C(c2ccc(Cl)cc2)=N1. The highest BCUT2D eigenvalue weighted by atomic mass is 35.5. The van der Waals surface area contributed by atoms with E-state index in [9.17, 15) is 13.8 Å². The molecule has 4 bridgehead atoms. The summed E-state index contributed by atoms with van der Waals surface area (Å²) < 4.78 is 31.9. The summed E-state index contributed by atoms with van der Waals surface area (Å²) in [4.78, 5) is 1.93. The van der Waals surface area contributed by atoms with Gasteiger partial charge in [0.15, 0.2) is 5.84 Å². The zero-order chi connectivity index (χ0) is 31.3. The molecule has 0 amide bonds. The van der Waals surface area contributed by atoms with E-state index in [1.165, 1.54) is 62.8 Å². The van der Waals surface area contributed by atoms with E-state index >= 15 is 0 Å². The van der Waals surface area contributed by atoms with Crippen LogP contribution in [0.4, 0.5) is 0 Å². The van der Waals surface area contributed by atoms with E-state index in [4.69, 9.17) is 28.3 Å². The van der Waals surface area contributed by atoms with Gasteiger partial charge in [0.05, 0.1) is 17.2 Å². The number of likely N-dealkylation sites (N-methyl/N-ethyl adjacent to an activating group) is 1. The number of hydrogen-bond acceptors (Lipinski definition) is 4. The van der Waals surface area contributed by atoms with Crippen LogP contribution in [0.2, 0.25) is 10.0 Å². The zero-order valence-corrected chi connectivity index (χ0v) is 27.6. The maximum absolute atomic E-state index is 13.8. The van der Waals surface area contributed by atoms with Gasteiger partial charge in [0.1, 0.15) is 0 Å². The lowest BCUT2D eigenvalue weighted by Gasteiger charge is -2.57. The Morgan fingerprint density at radius 2 is 1.47 bits per heavy atom. The fourth-order valence-electron chi connectivity index (χ4n) is 8.68. The van der Waals surface area contributed by atoms with Crippen molar-refractivity contribution in [3.05, 3.63) is 100 Å². The molecule has 3 aromatic carbocycles. The van der Waals surface area contributed by atoms with Gasteiger partial charge in [0.25, 0.3) is 10.0 Å². The number of rotatable bonds is 6. The van der Waals surface area contributed by atoms with Crippen LogP contribution in [0.15, 0.2) is 93.3 Å². The van der Waals surface area contributed by atoms with Crippen molar-refractivity contribution >= 4 is 50.6 Å². The van der Waals surface area contributed by atoms with Crippen molar-refractivity contribution in [2.75, 3.05) is 20.1 Å². The van der Waals surface area contributed by atoms with Crippen LogP contribution in [0, 0.1) is 28.6 Å². The Morgan fingerprint density at radius 3 is 2.04 bits per heavy atom. The van der Waals surface area contributed by atoms with Gasteiger partial charge < -0.3 is 4.90 Å². The van der Waals surface area contributed by atoms with Gasteiger partial charge in [0.2, 0.25) is 5.84 Å². The second-order valence-corrected chi connectivity index (χ2v) is 16.0. The molecule has 234 valence electrons. The monoisotopic (exact) mass is 661 g/mol. The Morgan fingerprint density at radius 1 is 0.911 bits per heavy atom. The van der Waals surface area contributed by atoms with Gasteiger partial charge >= 0.3 is 0 Å². The average molecular weight is 663 g/mol. The molecule has 1 atom stereocenters. The lowest BCUT2D eigenvalue weighted by atomic mass is 9.49. The fraction of sp³-hybridized carbons (Fsp3) is 0.400. The maximum Gasteiger partial charge on any atom is 0.284 e. The van der Waals surface area contributed by atoms with Crippen molar-refractivity contribution < 1.29 is 8.42 Å². The van der Waals surface area contributed by atoms with E-state index in [2.05, 4.69) is 4.40 Å². The van der Waals surface area contributed by atoms with E-state index in [0.717, 1.165) is 34.6 Å². The Balaban J connectivity index is 1.27. The normalized spacial score (nSPS) is 27.5. The van der Waals surface area contributed by atoms with Crippen LogP contribution in [0.5, 0.6) is 0 Å². The molecule has 8 rings (SSSR count). The average Bonchev–Trinajstić information content (AvgIpc) is 3.45. The molecule has 4 aliphatic carbocycles. The van der Waals surface area contributed by atoms with Crippen LogP contribution < -0.4 is 0 Å². The van der Waals surface area contributed by atoms with Gasteiger partial charge in [-0.25, -0.2) is 5.01 Å². The van der Waals surface area contributed by atoms with Gasteiger partial charge in [-0.3, -0.25) is 5.41 Å². The fourth-order valence-corrected chi connectivity index (χ4v) is 9.93. The van der Waals surface area contributed by atoms with Gasteiger partial charge in [0, 0.05) is 29.6 Å². The van der Waals surface area contributed by atoms with E-state index in [-0.39, 0.29) is 27.9 Å². The van der Waals surface area contributed by atoms with Crippen molar-refractivity contribution in [3.63, 3.8) is 0 Å². The molecule has 5 aliphatic rings. The first-order valence-electron chi connectivity index (χ1n) is 15.6. The lowest BCUT2D eigenvalue weighted by molar-refractivity contribution is -0.0595. The molecule has 4 saturated carbocycles. The van der Waals surface area contributed by atoms with Crippen LogP contribution in [0.3, 0.4) is 0 Å². The summed E-state index contributed by atoms with van der Waals surface area (Å²) in [6, 6.07) is 23.5. The number of nitrogens with one attached hydrogen (secondary N) is 1. The minimum atomic E-state index is -4.18. The van der Waals surface area contributed by atoms with E-state index in [1.807, 2.05) is 66.5 Å². The molecule has 10 heteroatoms. The summed E-state index contributed by atoms with van der Waals surface area (Å²) in [5.74, 6) is 2.22. The Labute approximate surface area is 275 Å². The molecular weight excluding hydrogens is 625 g/mol. The third kappa shape index (κ3) is 6.17. The van der Waals surface area contributed by atoms with Crippen molar-refractivity contribution in [1.29, 1.82) is 5.41 Å².